The first-order chi connectivity index (χ1) is 21.1. The second-order valence-electron chi connectivity index (χ2n) is 8.94. The zero-order valence-corrected chi connectivity index (χ0v) is 22.9. The van der Waals surface area contributed by atoms with Crippen molar-refractivity contribution in [2.45, 2.75) is 33.1 Å². The summed E-state index contributed by atoms with van der Waals surface area (Å²) in [4.78, 5) is 34.9. The predicted molar refractivity (Wildman–Crippen MR) is 147 cm³/mol. The second-order valence-corrected chi connectivity index (χ2v) is 8.94. The van der Waals surface area contributed by atoms with Gasteiger partial charge in [-0.2, -0.15) is 44.7 Å². The third-order valence-corrected chi connectivity index (χ3v) is 5.97. The zero-order chi connectivity index (χ0) is 31.5. The lowest BCUT2D eigenvalue weighted by Crippen LogP contribution is -2.13. The van der Waals surface area contributed by atoms with Gasteiger partial charge in [-0.3, -0.25) is 10.2 Å². The molecule has 22 nitrogen and oxygen atoms in total. The number of unbranched alkanes of at least 4 members (excludes halogenated alkanes) is 1. The Hall–Kier alpha value is -6.61. The highest BCUT2D eigenvalue weighted by Gasteiger charge is 2.23. The minimum Gasteiger partial charge on any atom is -0.479 e. The van der Waals surface area contributed by atoms with Crippen LogP contribution in [0.3, 0.4) is 0 Å². The first-order valence-electron chi connectivity index (χ1n) is 12.6. The number of carboxylic acid groups (broad SMARTS) is 2. The summed E-state index contributed by atoms with van der Waals surface area (Å²) < 4.78 is 2.16. The predicted octanol–water partition coefficient (Wildman–Crippen LogP) is 2.44. The van der Waals surface area contributed by atoms with Crippen molar-refractivity contribution >= 4 is 46.6 Å². The Morgan fingerprint density at radius 1 is 0.841 bits per heavy atom. The number of aryl methyl sites for hydroxylation is 2. The Kier molecular flexibility index (Phi) is 7.69. The van der Waals surface area contributed by atoms with E-state index in [1.54, 1.807) is 6.92 Å². The van der Waals surface area contributed by atoms with Crippen LogP contribution < -0.4 is 11.5 Å². The summed E-state index contributed by atoms with van der Waals surface area (Å²) in [6.07, 6.45) is 4.14. The molecule has 0 saturated carbocycles. The van der Waals surface area contributed by atoms with Crippen LogP contribution in [0.15, 0.2) is 32.9 Å². The van der Waals surface area contributed by atoms with Crippen molar-refractivity contribution in [1.82, 2.24) is 54.9 Å². The summed E-state index contributed by atoms with van der Waals surface area (Å²) in [6.45, 7) is 3.54. The topological polar surface area (TPSA) is 328 Å². The third-order valence-electron chi connectivity index (χ3n) is 5.97. The van der Waals surface area contributed by atoms with Crippen molar-refractivity contribution in [2.24, 2.45) is 20.5 Å². The minimum atomic E-state index is -1.26. The molecule has 0 atom stereocenters. The number of hydrogen-bond donors (Lipinski definition) is 7. The Balaban J connectivity index is 1.54. The fourth-order valence-corrected chi connectivity index (χ4v) is 3.81. The first kappa shape index (κ1) is 28.9. The number of carboxylic acids is 2. The maximum Gasteiger partial charge on any atom is 0.341 e. The SMILES string of the molecule is CCCCc1nn(-c2nc(O)nc(-n3nc(C)c(N=Nc4[nH]ncc4C(=O)O)c3N)n2)c(N)c1N=Nc1[nH]ncc1C(=O)O. The summed E-state index contributed by atoms with van der Waals surface area (Å²) in [5.74, 6) is -3.35. The Morgan fingerprint density at radius 3 is 1.91 bits per heavy atom. The molecule has 0 spiro atoms. The van der Waals surface area contributed by atoms with E-state index in [-0.39, 0.29) is 63.4 Å². The molecule has 0 aliphatic rings. The maximum absolute atomic E-state index is 11.4. The van der Waals surface area contributed by atoms with Crippen molar-refractivity contribution in [1.29, 1.82) is 0 Å². The molecule has 44 heavy (non-hydrogen) atoms. The molecule has 0 bridgehead atoms. The van der Waals surface area contributed by atoms with Crippen LogP contribution >= 0.6 is 0 Å². The van der Waals surface area contributed by atoms with E-state index >= 15 is 0 Å². The van der Waals surface area contributed by atoms with Gasteiger partial charge < -0.3 is 26.8 Å². The fraction of sp³-hybridized carbons (Fsp3) is 0.227. The van der Waals surface area contributed by atoms with Crippen molar-refractivity contribution in [2.75, 3.05) is 11.5 Å². The lowest BCUT2D eigenvalue weighted by atomic mass is 10.2. The molecule has 226 valence electrons. The quantitative estimate of drug-likeness (QED) is 0.106. The molecule has 0 aromatic carbocycles. The van der Waals surface area contributed by atoms with Crippen LogP contribution in [0, 0.1) is 6.92 Å². The number of aromatic carboxylic acids is 2. The average Bonchev–Trinajstić information content (AvgIpc) is 3.76. The summed E-state index contributed by atoms with van der Waals surface area (Å²) >= 11 is 0. The molecule has 22 heteroatoms. The van der Waals surface area contributed by atoms with Crippen LogP contribution in [0.4, 0.5) is 34.6 Å². The van der Waals surface area contributed by atoms with Crippen LogP contribution in [-0.4, -0.2) is 82.2 Å². The minimum absolute atomic E-state index is 0.0688. The number of nitrogens with one attached hydrogen (secondary N) is 2. The van der Waals surface area contributed by atoms with E-state index in [0.717, 1.165) is 28.2 Å². The Bertz CT molecular complexity index is 1930. The van der Waals surface area contributed by atoms with Gasteiger partial charge in [-0.05, 0) is 19.8 Å². The van der Waals surface area contributed by atoms with Crippen molar-refractivity contribution in [3.05, 3.63) is 34.9 Å². The molecule has 0 saturated heterocycles. The van der Waals surface area contributed by atoms with Crippen LogP contribution in [0.25, 0.3) is 11.9 Å². The number of hydrogen-bond acceptors (Lipinski definition) is 16. The van der Waals surface area contributed by atoms with Crippen molar-refractivity contribution in [3.8, 4) is 17.9 Å². The second kappa shape index (κ2) is 11.7. The molecule has 0 radical (unpaired) electrons. The van der Waals surface area contributed by atoms with E-state index in [1.807, 2.05) is 6.92 Å². The molecule has 0 aliphatic heterocycles. The number of carbonyl (C=O) groups is 2. The van der Waals surface area contributed by atoms with Gasteiger partial charge in [0, 0.05) is 0 Å². The largest absolute Gasteiger partial charge is 0.479 e. The number of anilines is 2. The van der Waals surface area contributed by atoms with E-state index < -0.39 is 17.9 Å². The van der Waals surface area contributed by atoms with Crippen LogP contribution in [0.5, 0.6) is 6.01 Å². The molecule has 0 unspecified atom stereocenters. The zero-order valence-electron chi connectivity index (χ0n) is 22.9. The van der Waals surface area contributed by atoms with Crippen molar-refractivity contribution in [3.63, 3.8) is 0 Å². The van der Waals surface area contributed by atoms with E-state index in [4.69, 9.17) is 11.5 Å². The normalized spacial score (nSPS) is 11.7. The Morgan fingerprint density at radius 2 is 1.36 bits per heavy atom. The van der Waals surface area contributed by atoms with Gasteiger partial charge in [0.05, 0.1) is 23.8 Å². The molecule has 0 fully saturated rings. The van der Waals surface area contributed by atoms with Gasteiger partial charge in [0.25, 0.3) is 11.9 Å². The smallest absolute Gasteiger partial charge is 0.341 e. The number of nitrogen functional groups attached to an aromatic ring is 2. The number of aromatic hydroxyl groups is 1. The number of nitrogens with two attached hydrogens (primary N) is 2. The van der Waals surface area contributed by atoms with Gasteiger partial charge >= 0.3 is 17.9 Å². The molecular weight excluding hydrogens is 582 g/mol. The molecule has 5 heterocycles. The fourth-order valence-electron chi connectivity index (χ4n) is 3.81. The number of aromatic amines is 2. The van der Waals surface area contributed by atoms with Crippen LogP contribution in [0.1, 0.15) is 51.9 Å². The summed E-state index contributed by atoms with van der Waals surface area (Å²) in [5.41, 5.74) is 13.1. The van der Waals surface area contributed by atoms with Gasteiger partial charge in [0.1, 0.15) is 11.1 Å². The summed E-state index contributed by atoms with van der Waals surface area (Å²) in [5, 5.41) is 65.8. The number of aromatic nitrogens is 11. The van der Waals surface area contributed by atoms with Gasteiger partial charge in [-0.15, -0.1) is 20.5 Å². The number of nitrogens with zero attached hydrogens (tertiary/aromatic N) is 13. The first-order valence-corrected chi connectivity index (χ1v) is 12.6. The molecule has 5 aromatic rings. The highest BCUT2D eigenvalue weighted by molar-refractivity contribution is 5.92. The van der Waals surface area contributed by atoms with Crippen LogP contribution in [-0.2, 0) is 6.42 Å². The van der Waals surface area contributed by atoms with E-state index in [9.17, 15) is 24.9 Å². The van der Waals surface area contributed by atoms with Crippen LogP contribution in [0.2, 0.25) is 0 Å². The lowest BCUT2D eigenvalue weighted by molar-refractivity contribution is 0.0687. The van der Waals surface area contributed by atoms with E-state index in [2.05, 4.69) is 66.0 Å². The third kappa shape index (κ3) is 5.48. The molecule has 5 rings (SSSR count). The standard InChI is InChI=1S/C22H23N17O5/c1-3-4-5-11-13(31-35-17-10(19(42)43)7-26-33-17)15(24)39(37-11)21-27-20(28-22(44)29-21)38-14(23)12(8(2)36-38)30-34-16-9(18(40)41)6-25-32-16/h6-7H,3-5,23-24H2,1-2H3,(H,25,32)(H,26,33)(H,40,41)(H,42,43)(H,27,28,29,44). The summed E-state index contributed by atoms with van der Waals surface area (Å²) in [7, 11) is 0. The maximum atomic E-state index is 11.4. The number of azo groups is 2. The van der Waals surface area contributed by atoms with Gasteiger partial charge in [0.2, 0.25) is 0 Å². The van der Waals surface area contributed by atoms with Crippen molar-refractivity contribution < 1.29 is 24.9 Å². The van der Waals surface area contributed by atoms with Gasteiger partial charge in [-0.1, -0.05) is 13.3 Å². The molecule has 0 amide bonds. The van der Waals surface area contributed by atoms with Gasteiger partial charge in [-0.25, -0.2) is 9.59 Å². The molecule has 5 aromatic heterocycles. The summed E-state index contributed by atoms with van der Waals surface area (Å²) in [6, 6.07) is -0.721. The number of rotatable bonds is 11. The lowest BCUT2D eigenvalue weighted by Gasteiger charge is -2.06. The highest BCUT2D eigenvalue weighted by atomic mass is 16.4. The highest BCUT2D eigenvalue weighted by Crippen LogP contribution is 2.33. The van der Waals surface area contributed by atoms with E-state index in [1.165, 1.54) is 0 Å². The van der Waals surface area contributed by atoms with E-state index in [0.29, 0.717) is 18.5 Å². The molecular formula is C22H23N17O5. The average molecular weight is 606 g/mol. The number of H-pyrrole nitrogens is 2. The molecule has 0 aliphatic carbocycles. The molecule has 9 N–H and O–H groups in total. The van der Waals surface area contributed by atoms with Gasteiger partial charge in [0.15, 0.2) is 34.6 Å². The monoisotopic (exact) mass is 605 g/mol. The Labute approximate surface area is 244 Å².